The van der Waals surface area contributed by atoms with E-state index in [1.165, 1.54) is 60.6 Å². The van der Waals surface area contributed by atoms with Crippen molar-refractivity contribution >= 4 is 40.0 Å². The number of para-hydroxylation sites is 2. The van der Waals surface area contributed by atoms with E-state index >= 15 is 0 Å². The van der Waals surface area contributed by atoms with Crippen LogP contribution in [-0.4, -0.2) is 4.57 Å². The van der Waals surface area contributed by atoms with Crippen molar-refractivity contribution in [2.45, 2.75) is 39.0 Å². The molecule has 1 aromatic heterocycles. The summed E-state index contributed by atoms with van der Waals surface area (Å²) in [4.78, 5) is 2.52. The molecular weight excluding hydrogens is 641 g/mol. The first-order chi connectivity index (χ1) is 26.1. The van der Waals surface area contributed by atoms with Gasteiger partial charge in [-0.2, -0.15) is 0 Å². The zero-order chi connectivity index (χ0) is 35.9. The number of aromatic nitrogens is 1. The van der Waals surface area contributed by atoms with E-state index in [1.54, 1.807) is 0 Å². The van der Waals surface area contributed by atoms with Gasteiger partial charge in [0.05, 0.1) is 22.0 Å². The number of rotatable bonds is 7. The fourth-order valence-corrected chi connectivity index (χ4v) is 9.26. The van der Waals surface area contributed by atoms with Gasteiger partial charge in [0.25, 0.3) is 0 Å². The summed E-state index contributed by atoms with van der Waals surface area (Å²) in [5.41, 5.74) is 13.6. The summed E-state index contributed by atoms with van der Waals surface area (Å²) in [6, 6.07) is 49.2. The number of anilines is 2. The monoisotopic (exact) mass is 684 g/mol. The summed E-state index contributed by atoms with van der Waals surface area (Å²) < 4.78 is 2.44. The summed E-state index contributed by atoms with van der Waals surface area (Å²) in [6.07, 6.45) is 20.3. The number of nitrogens with zero attached hydrogens (tertiary/aromatic N) is 2. The van der Waals surface area contributed by atoms with Crippen molar-refractivity contribution in [3.8, 4) is 5.69 Å². The van der Waals surface area contributed by atoms with Gasteiger partial charge in [-0.15, -0.1) is 0 Å². The Bertz CT molecular complexity index is 2630. The zero-order valence-corrected chi connectivity index (χ0v) is 30.7. The molecule has 0 fully saturated rings. The van der Waals surface area contributed by atoms with Crippen LogP contribution in [0.15, 0.2) is 187 Å². The van der Waals surface area contributed by atoms with E-state index in [0.29, 0.717) is 5.92 Å². The lowest BCUT2D eigenvalue weighted by Crippen LogP contribution is -2.32. The van der Waals surface area contributed by atoms with E-state index in [0.717, 1.165) is 29.9 Å². The molecule has 0 N–H and O–H groups in total. The summed E-state index contributed by atoms with van der Waals surface area (Å²) in [7, 11) is 0. The minimum absolute atomic E-state index is 0.319. The minimum Gasteiger partial charge on any atom is -0.310 e. The maximum absolute atomic E-state index is 2.52. The maximum atomic E-state index is 2.52. The molecule has 1 heterocycles. The molecule has 2 heteroatoms. The van der Waals surface area contributed by atoms with E-state index in [9.17, 15) is 0 Å². The third kappa shape index (κ3) is 5.16. The highest BCUT2D eigenvalue weighted by Crippen LogP contribution is 2.60. The largest absolute Gasteiger partial charge is 0.310 e. The van der Waals surface area contributed by atoms with Gasteiger partial charge in [0.1, 0.15) is 0 Å². The molecule has 6 aromatic rings. The Morgan fingerprint density at radius 1 is 0.792 bits per heavy atom. The summed E-state index contributed by atoms with van der Waals surface area (Å²) in [6.45, 7) is 6.72. The van der Waals surface area contributed by atoms with Crippen LogP contribution >= 0.6 is 0 Å². The van der Waals surface area contributed by atoms with Gasteiger partial charge in [0, 0.05) is 33.2 Å². The lowest BCUT2D eigenvalue weighted by Gasteiger charge is -2.39. The Morgan fingerprint density at radius 2 is 1.51 bits per heavy atom. The third-order valence-electron chi connectivity index (χ3n) is 11.3. The van der Waals surface area contributed by atoms with E-state index < -0.39 is 5.41 Å². The van der Waals surface area contributed by atoms with Crippen molar-refractivity contribution in [2.75, 3.05) is 4.90 Å². The highest BCUT2D eigenvalue weighted by Gasteiger charge is 2.50. The Hall–Kier alpha value is -6.12. The van der Waals surface area contributed by atoms with Crippen LogP contribution in [0.2, 0.25) is 0 Å². The average molecular weight is 685 g/mol. The van der Waals surface area contributed by atoms with E-state index in [1.807, 2.05) is 0 Å². The van der Waals surface area contributed by atoms with E-state index in [2.05, 4.69) is 212 Å². The fraction of sp³-hybridized carbons (Fsp3) is 0.137. The van der Waals surface area contributed by atoms with Crippen molar-refractivity contribution in [3.63, 3.8) is 0 Å². The van der Waals surface area contributed by atoms with Crippen molar-refractivity contribution in [1.82, 2.24) is 4.57 Å². The number of allylic oxidation sites excluding steroid dienone is 9. The predicted molar refractivity (Wildman–Crippen MR) is 225 cm³/mol. The lowest BCUT2D eigenvalue weighted by molar-refractivity contribution is 0.616. The second-order valence-corrected chi connectivity index (χ2v) is 14.4. The summed E-state index contributed by atoms with van der Waals surface area (Å²) >= 11 is 0. The van der Waals surface area contributed by atoms with Gasteiger partial charge in [-0.3, -0.25) is 0 Å². The molecule has 5 aromatic carbocycles. The number of benzene rings is 5. The topological polar surface area (TPSA) is 8.17 Å². The number of hydrogen-bond acceptors (Lipinski definition) is 1. The van der Waals surface area contributed by atoms with Crippen LogP contribution in [0.5, 0.6) is 0 Å². The second kappa shape index (κ2) is 13.5. The van der Waals surface area contributed by atoms with Gasteiger partial charge in [-0.25, -0.2) is 0 Å². The van der Waals surface area contributed by atoms with E-state index in [-0.39, 0.29) is 0 Å². The molecule has 0 saturated carbocycles. The van der Waals surface area contributed by atoms with Crippen molar-refractivity contribution in [2.24, 2.45) is 5.92 Å². The van der Waals surface area contributed by atoms with Crippen molar-refractivity contribution < 1.29 is 0 Å². The predicted octanol–water partition coefficient (Wildman–Crippen LogP) is 11.5. The fourth-order valence-electron chi connectivity index (χ4n) is 9.26. The second-order valence-electron chi connectivity index (χ2n) is 14.4. The van der Waals surface area contributed by atoms with Crippen LogP contribution in [0.1, 0.15) is 50.3 Å². The molecule has 0 saturated heterocycles. The molecule has 0 bridgehead atoms. The smallest absolute Gasteiger partial charge is 0.0674 e. The van der Waals surface area contributed by atoms with Gasteiger partial charge in [0.2, 0.25) is 0 Å². The first-order valence-electron chi connectivity index (χ1n) is 19.0. The lowest BCUT2D eigenvalue weighted by atomic mass is 9.64. The molecule has 0 amide bonds. The maximum Gasteiger partial charge on any atom is 0.0674 e. The summed E-state index contributed by atoms with van der Waals surface area (Å²) in [5, 5.41) is 3.78. The Kier molecular flexibility index (Phi) is 8.32. The molecule has 2 unspecified atom stereocenters. The Morgan fingerprint density at radius 3 is 2.26 bits per heavy atom. The van der Waals surface area contributed by atoms with Crippen LogP contribution in [0.4, 0.5) is 11.4 Å². The van der Waals surface area contributed by atoms with Gasteiger partial charge < -0.3 is 9.47 Å². The SMILES string of the molecule is C/C=C\C(=C/C)C1(c2ccccc2)C2=C(C(N(c3ccccc3)c3ccc4c5c(n(-c6ccccc6)c4c3)=CC=CCC=5)=CC(C)C2)c2ccccc21. The normalized spacial score (nSPS) is 19.3. The molecule has 3 aliphatic rings. The number of hydrogen-bond donors (Lipinski definition) is 0. The average Bonchev–Trinajstić information content (AvgIpc) is 3.54. The van der Waals surface area contributed by atoms with Crippen molar-refractivity contribution in [1.29, 1.82) is 0 Å². The van der Waals surface area contributed by atoms with Gasteiger partial charge in [-0.1, -0.05) is 147 Å². The van der Waals surface area contributed by atoms with E-state index in [4.69, 9.17) is 0 Å². The van der Waals surface area contributed by atoms with Gasteiger partial charge in [0.15, 0.2) is 0 Å². The standard InChI is InChI=1S/C51H44N2/c1-4-20-37(5-2)51(38-21-10-6-11-22-38)45-29-19-18-28-44(45)50-46(51)33-36(3)34-49(50)52(39-23-12-7-13-24-39)41-31-32-43-42-27-16-9-17-30-47(42)53(48(43)35-41)40-25-14-8-15-26-40/h4-15,17-32,34-36H,16,33H2,1-3H3/b20-4-,37-5+. The van der Waals surface area contributed by atoms with Crippen LogP contribution in [0.3, 0.4) is 0 Å². The highest BCUT2D eigenvalue weighted by atomic mass is 15.2. The van der Waals surface area contributed by atoms with Crippen LogP contribution in [0, 0.1) is 5.92 Å². The summed E-state index contributed by atoms with van der Waals surface area (Å²) in [5.74, 6) is 0.319. The highest BCUT2D eigenvalue weighted by molar-refractivity contribution is 5.99. The Labute approximate surface area is 313 Å². The molecule has 3 aliphatic carbocycles. The first kappa shape index (κ1) is 32.8. The molecule has 258 valence electrons. The minimum atomic E-state index is -0.409. The molecular formula is C51H44N2. The molecule has 2 atom stereocenters. The zero-order valence-electron chi connectivity index (χ0n) is 30.7. The van der Waals surface area contributed by atoms with Gasteiger partial charge >= 0.3 is 0 Å². The quantitative estimate of drug-likeness (QED) is 0.152. The molecule has 2 nitrogen and oxygen atoms in total. The molecule has 53 heavy (non-hydrogen) atoms. The van der Waals surface area contributed by atoms with Crippen LogP contribution < -0.4 is 15.5 Å². The third-order valence-corrected chi connectivity index (χ3v) is 11.3. The molecule has 0 spiro atoms. The van der Waals surface area contributed by atoms with Crippen LogP contribution in [-0.2, 0) is 5.41 Å². The first-order valence-corrected chi connectivity index (χ1v) is 19.0. The van der Waals surface area contributed by atoms with Crippen molar-refractivity contribution in [3.05, 3.63) is 214 Å². The van der Waals surface area contributed by atoms with Crippen LogP contribution in [0.25, 0.3) is 34.3 Å². The number of fused-ring (bicyclic) bond motifs is 5. The molecule has 0 aliphatic heterocycles. The molecule has 0 radical (unpaired) electrons. The van der Waals surface area contributed by atoms with Gasteiger partial charge in [-0.05, 0) is 103 Å². The molecule has 9 rings (SSSR count). The Balaban J connectivity index is 1.35.